The Labute approximate surface area is 126 Å². The Balaban J connectivity index is 1.85. The van der Waals surface area contributed by atoms with Crippen LogP contribution in [0.15, 0.2) is 30.3 Å². The molecule has 0 saturated carbocycles. The summed E-state index contributed by atoms with van der Waals surface area (Å²) >= 11 is 0. The van der Waals surface area contributed by atoms with E-state index in [0.717, 1.165) is 31.7 Å². The number of likely N-dealkylation sites (N-methyl/N-ethyl adjacent to an activating group) is 1. The van der Waals surface area contributed by atoms with E-state index in [1.54, 1.807) is 7.11 Å². The standard InChI is InChI=1S/C16H25N3O2/c1-18-8-10-19(11-9-18)16(20)12-17-15(13-21-2)14-6-4-3-5-7-14/h3-7,15,17H,8-13H2,1-2H3/t15-/m0/s1. The summed E-state index contributed by atoms with van der Waals surface area (Å²) in [6.45, 7) is 4.44. The van der Waals surface area contributed by atoms with Gasteiger partial charge in [0.15, 0.2) is 0 Å². The van der Waals surface area contributed by atoms with E-state index in [1.807, 2.05) is 23.1 Å². The predicted molar refractivity (Wildman–Crippen MR) is 83.1 cm³/mol. The number of piperazine rings is 1. The summed E-state index contributed by atoms with van der Waals surface area (Å²) in [7, 11) is 3.77. The fraction of sp³-hybridized carbons (Fsp3) is 0.562. The molecule has 1 aromatic carbocycles. The molecule has 0 radical (unpaired) electrons. The van der Waals surface area contributed by atoms with E-state index in [9.17, 15) is 4.79 Å². The first-order chi connectivity index (χ1) is 10.2. The first kappa shape index (κ1) is 15.9. The highest BCUT2D eigenvalue weighted by Crippen LogP contribution is 2.12. The highest BCUT2D eigenvalue weighted by atomic mass is 16.5. The first-order valence-electron chi connectivity index (χ1n) is 7.44. The van der Waals surface area contributed by atoms with Gasteiger partial charge in [0, 0.05) is 33.3 Å². The van der Waals surface area contributed by atoms with Crippen LogP contribution in [0.25, 0.3) is 0 Å². The third-order valence-corrected chi connectivity index (χ3v) is 3.89. The van der Waals surface area contributed by atoms with Crippen molar-refractivity contribution in [1.82, 2.24) is 15.1 Å². The van der Waals surface area contributed by atoms with Crippen molar-refractivity contribution in [1.29, 1.82) is 0 Å². The second-order valence-electron chi connectivity index (χ2n) is 5.48. The number of carbonyl (C=O) groups excluding carboxylic acids is 1. The molecule has 1 amide bonds. The van der Waals surface area contributed by atoms with Crippen molar-refractivity contribution in [2.24, 2.45) is 0 Å². The van der Waals surface area contributed by atoms with E-state index in [-0.39, 0.29) is 11.9 Å². The lowest BCUT2D eigenvalue weighted by Gasteiger charge is -2.33. The van der Waals surface area contributed by atoms with Crippen molar-refractivity contribution in [3.63, 3.8) is 0 Å². The zero-order chi connectivity index (χ0) is 15.1. The smallest absolute Gasteiger partial charge is 0.236 e. The van der Waals surface area contributed by atoms with Crippen LogP contribution < -0.4 is 5.32 Å². The molecule has 1 fully saturated rings. The zero-order valence-electron chi connectivity index (χ0n) is 12.9. The molecule has 5 nitrogen and oxygen atoms in total. The van der Waals surface area contributed by atoms with Crippen LogP contribution in [0, 0.1) is 0 Å². The van der Waals surface area contributed by atoms with E-state index in [2.05, 4.69) is 29.4 Å². The molecule has 1 N–H and O–H groups in total. The molecule has 0 spiro atoms. The van der Waals surface area contributed by atoms with E-state index in [1.165, 1.54) is 0 Å². The molecule has 0 aromatic heterocycles. The van der Waals surface area contributed by atoms with Gasteiger partial charge in [0.2, 0.25) is 5.91 Å². The van der Waals surface area contributed by atoms with Gasteiger partial charge in [-0.25, -0.2) is 0 Å². The zero-order valence-corrected chi connectivity index (χ0v) is 12.9. The number of nitrogens with one attached hydrogen (secondary N) is 1. The van der Waals surface area contributed by atoms with Gasteiger partial charge >= 0.3 is 0 Å². The van der Waals surface area contributed by atoms with Gasteiger partial charge in [0.1, 0.15) is 0 Å². The average molecular weight is 291 g/mol. The second-order valence-corrected chi connectivity index (χ2v) is 5.48. The van der Waals surface area contributed by atoms with Crippen LogP contribution >= 0.6 is 0 Å². The normalized spacial score (nSPS) is 17.7. The maximum absolute atomic E-state index is 12.2. The van der Waals surface area contributed by atoms with Crippen LogP contribution in [0.1, 0.15) is 11.6 Å². The summed E-state index contributed by atoms with van der Waals surface area (Å²) in [5, 5.41) is 3.32. The number of hydrogen-bond acceptors (Lipinski definition) is 4. The third kappa shape index (κ3) is 4.81. The Bertz CT molecular complexity index is 430. The molecular weight excluding hydrogens is 266 g/mol. The largest absolute Gasteiger partial charge is 0.383 e. The summed E-state index contributed by atoms with van der Waals surface area (Å²) in [6, 6.07) is 10.1. The van der Waals surface area contributed by atoms with Gasteiger partial charge in [-0.15, -0.1) is 0 Å². The summed E-state index contributed by atoms with van der Waals surface area (Å²) in [6.07, 6.45) is 0. The molecule has 1 atom stereocenters. The molecular formula is C16H25N3O2. The lowest BCUT2D eigenvalue weighted by Crippen LogP contribution is -2.49. The number of methoxy groups -OCH3 is 1. The minimum absolute atomic E-state index is 0.0487. The number of hydrogen-bond donors (Lipinski definition) is 1. The highest BCUT2D eigenvalue weighted by Gasteiger charge is 2.20. The van der Waals surface area contributed by atoms with Crippen molar-refractivity contribution in [2.45, 2.75) is 6.04 Å². The van der Waals surface area contributed by atoms with E-state index in [4.69, 9.17) is 4.74 Å². The van der Waals surface area contributed by atoms with Gasteiger partial charge in [-0.2, -0.15) is 0 Å². The Morgan fingerprint density at radius 1 is 1.24 bits per heavy atom. The van der Waals surface area contributed by atoms with Crippen LogP contribution in [0.2, 0.25) is 0 Å². The predicted octanol–water partition coefficient (Wildman–Crippen LogP) is 0.738. The van der Waals surface area contributed by atoms with Crippen molar-refractivity contribution in [3.05, 3.63) is 35.9 Å². The van der Waals surface area contributed by atoms with Gasteiger partial charge in [0.05, 0.1) is 19.2 Å². The summed E-state index contributed by atoms with van der Waals surface area (Å²) in [5.41, 5.74) is 1.14. The van der Waals surface area contributed by atoms with Gasteiger partial charge < -0.3 is 14.5 Å². The molecule has 1 aromatic rings. The SMILES string of the molecule is COC[C@H](NCC(=O)N1CCN(C)CC1)c1ccccc1. The van der Waals surface area contributed by atoms with Crippen LogP contribution in [-0.2, 0) is 9.53 Å². The number of nitrogens with zero attached hydrogens (tertiary/aromatic N) is 2. The summed E-state index contributed by atoms with van der Waals surface area (Å²) in [4.78, 5) is 16.4. The Hall–Kier alpha value is -1.43. The summed E-state index contributed by atoms with van der Waals surface area (Å²) < 4.78 is 5.26. The van der Waals surface area contributed by atoms with Crippen LogP contribution in [0.5, 0.6) is 0 Å². The number of ether oxygens (including phenoxy) is 1. The van der Waals surface area contributed by atoms with Gasteiger partial charge in [-0.1, -0.05) is 30.3 Å². The van der Waals surface area contributed by atoms with Gasteiger partial charge in [0.25, 0.3) is 0 Å². The number of amides is 1. The lowest BCUT2D eigenvalue weighted by atomic mass is 10.1. The molecule has 2 rings (SSSR count). The number of benzene rings is 1. The fourth-order valence-electron chi connectivity index (χ4n) is 2.50. The number of rotatable bonds is 6. The van der Waals surface area contributed by atoms with Crippen molar-refractivity contribution in [3.8, 4) is 0 Å². The average Bonchev–Trinajstić information content (AvgIpc) is 2.52. The minimum atomic E-state index is 0.0487. The Kier molecular flexibility index (Phi) is 6.17. The molecule has 1 aliphatic rings. The highest BCUT2D eigenvalue weighted by molar-refractivity contribution is 5.78. The van der Waals surface area contributed by atoms with Gasteiger partial charge in [-0.3, -0.25) is 10.1 Å². The maximum Gasteiger partial charge on any atom is 0.236 e. The number of carbonyl (C=O) groups is 1. The van der Waals surface area contributed by atoms with E-state index < -0.39 is 0 Å². The molecule has 5 heteroatoms. The topological polar surface area (TPSA) is 44.8 Å². The molecule has 1 heterocycles. The molecule has 1 aliphatic heterocycles. The van der Waals surface area contributed by atoms with Crippen molar-refractivity contribution in [2.75, 3.05) is 53.5 Å². The Morgan fingerprint density at radius 2 is 1.90 bits per heavy atom. The van der Waals surface area contributed by atoms with Crippen molar-refractivity contribution >= 4 is 5.91 Å². The van der Waals surface area contributed by atoms with Crippen LogP contribution in [-0.4, -0.2) is 69.2 Å². The Morgan fingerprint density at radius 3 is 2.52 bits per heavy atom. The minimum Gasteiger partial charge on any atom is -0.383 e. The molecule has 116 valence electrons. The summed E-state index contributed by atoms with van der Waals surface area (Å²) in [5.74, 6) is 0.167. The maximum atomic E-state index is 12.2. The van der Waals surface area contributed by atoms with Crippen molar-refractivity contribution < 1.29 is 9.53 Å². The molecule has 21 heavy (non-hydrogen) atoms. The van der Waals surface area contributed by atoms with Crippen LogP contribution in [0.3, 0.4) is 0 Å². The first-order valence-corrected chi connectivity index (χ1v) is 7.44. The molecule has 1 saturated heterocycles. The fourth-order valence-corrected chi connectivity index (χ4v) is 2.50. The molecule has 0 unspecified atom stereocenters. The van der Waals surface area contributed by atoms with Gasteiger partial charge in [-0.05, 0) is 12.6 Å². The van der Waals surface area contributed by atoms with E-state index in [0.29, 0.717) is 13.2 Å². The van der Waals surface area contributed by atoms with Crippen LogP contribution in [0.4, 0.5) is 0 Å². The van der Waals surface area contributed by atoms with E-state index >= 15 is 0 Å². The molecule has 0 bridgehead atoms. The lowest BCUT2D eigenvalue weighted by molar-refractivity contribution is -0.132. The third-order valence-electron chi connectivity index (χ3n) is 3.89. The quantitative estimate of drug-likeness (QED) is 0.839. The second kappa shape index (κ2) is 8.12. The monoisotopic (exact) mass is 291 g/mol. The molecule has 0 aliphatic carbocycles.